The summed E-state index contributed by atoms with van der Waals surface area (Å²) < 4.78 is 5.27. The van der Waals surface area contributed by atoms with Gasteiger partial charge in [-0.25, -0.2) is 0 Å². The molecule has 1 aliphatic heterocycles. The Morgan fingerprint density at radius 2 is 2.11 bits per heavy atom. The molecule has 1 N–H and O–H groups in total. The van der Waals surface area contributed by atoms with Crippen LogP contribution in [0.25, 0.3) is 0 Å². The van der Waals surface area contributed by atoms with E-state index >= 15 is 0 Å². The molecule has 1 amide bonds. The molecule has 0 saturated carbocycles. The van der Waals surface area contributed by atoms with E-state index in [9.17, 15) is 4.79 Å². The predicted octanol–water partition coefficient (Wildman–Crippen LogP) is 5.13. The lowest BCUT2D eigenvalue weighted by molar-refractivity contribution is 0.0996. The second kappa shape index (κ2) is 8.71. The van der Waals surface area contributed by atoms with Gasteiger partial charge in [-0.05, 0) is 62.7 Å². The largest absolute Gasteiger partial charge is 0.459 e. The summed E-state index contributed by atoms with van der Waals surface area (Å²) in [6.07, 6.45) is 7.97. The van der Waals surface area contributed by atoms with Crippen LogP contribution in [0.15, 0.2) is 53.3 Å². The second-order valence-corrected chi connectivity index (χ2v) is 8.17. The van der Waals surface area contributed by atoms with Crippen LogP contribution in [0.4, 0.5) is 5.00 Å². The molecule has 0 aliphatic carbocycles. The third-order valence-corrected chi connectivity index (χ3v) is 6.36. The molecule has 1 aliphatic rings. The van der Waals surface area contributed by atoms with Gasteiger partial charge in [-0.3, -0.25) is 14.7 Å². The molecular formula is C22H25N3O2S. The normalized spacial score (nSPS) is 16.0. The number of aromatic nitrogens is 1. The number of thiophene rings is 1. The quantitative estimate of drug-likeness (QED) is 0.629. The number of nitrogens with zero attached hydrogens (tertiary/aromatic N) is 2. The topological polar surface area (TPSA) is 58.4 Å². The molecular weight excluding hydrogens is 370 g/mol. The summed E-state index contributed by atoms with van der Waals surface area (Å²) in [5, 5.41) is 3.98. The third kappa shape index (κ3) is 4.03. The molecule has 4 rings (SSSR count). The van der Waals surface area contributed by atoms with Crippen LogP contribution < -0.4 is 5.32 Å². The standard InChI is InChI=1S/C22H25N3O2S/c1-2-16-15-17(22(28-16)24-21(26)19-10-8-14-27-19)20(18-9-4-5-11-23-18)25-12-6-3-7-13-25/h4-5,8-11,14-15,20H,2-3,6-7,12-13H2,1H3,(H,24,26)/t20-/m1/s1. The maximum Gasteiger partial charge on any atom is 0.291 e. The van der Waals surface area contributed by atoms with Gasteiger partial charge < -0.3 is 9.73 Å². The fourth-order valence-corrected chi connectivity index (χ4v) is 4.79. The molecule has 5 nitrogen and oxygen atoms in total. The Kier molecular flexibility index (Phi) is 5.88. The first-order chi connectivity index (χ1) is 13.8. The van der Waals surface area contributed by atoms with E-state index in [4.69, 9.17) is 4.42 Å². The molecule has 3 aromatic heterocycles. The van der Waals surface area contributed by atoms with Gasteiger partial charge in [0.15, 0.2) is 5.76 Å². The van der Waals surface area contributed by atoms with Gasteiger partial charge in [0.2, 0.25) is 0 Å². The fraction of sp³-hybridized carbons (Fsp3) is 0.364. The minimum atomic E-state index is -0.214. The molecule has 0 bridgehead atoms. The Bertz CT molecular complexity index is 899. The molecule has 146 valence electrons. The van der Waals surface area contributed by atoms with Crippen LogP contribution in [0.5, 0.6) is 0 Å². The molecule has 1 saturated heterocycles. The first kappa shape index (κ1) is 18.9. The van der Waals surface area contributed by atoms with E-state index in [0.29, 0.717) is 5.76 Å². The summed E-state index contributed by atoms with van der Waals surface area (Å²) >= 11 is 1.64. The highest BCUT2D eigenvalue weighted by molar-refractivity contribution is 7.16. The van der Waals surface area contributed by atoms with E-state index in [0.717, 1.165) is 35.8 Å². The van der Waals surface area contributed by atoms with Crippen LogP contribution in [-0.4, -0.2) is 28.9 Å². The Morgan fingerprint density at radius 1 is 1.25 bits per heavy atom. The number of piperidine rings is 1. The highest BCUT2D eigenvalue weighted by Gasteiger charge is 2.29. The van der Waals surface area contributed by atoms with Gasteiger partial charge >= 0.3 is 0 Å². The Hall–Kier alpha value is -2.44. The van der Waals surface area contributed by atoms with E-state index in [-0.39, 0.29) is 11.9 Å². The van der Waals surface area contributed by atoms with Crippen molar-refractivity contribution < 1.29 is 9.21 Å². The zero-order chi connectivity index (χ0) is 19.3. The van der Waals surface area contributed by atoms with E-state index in [1.165, 1.54) is 30.4 Å². The Balaban J connectivity index is 1.72. The molecule has 6 heteroatoms. The number of anilines is 1. The van der Waals surface area contributed by atoms with Crippen molar-refractivity contribution in [3.8, 4) is 0 Å². The van der Waals surface area contributed by atoms with Crippen LogP contribution in [0.1, 0.15) is 58.9 Å². The lowest BCUT2D eigenvalue weighted by atomic mass is 9.99. The van der Waals surface area contributed by atoms with Gasteiger partial charge in [-0.1, -0.05) is 19.4 Å². The number of pyridine rings is 1. The van der Waals surface area contributed by atoms with Crippen LogP contribution in [0.2, 0.25) is 0 Å². The number of nitrogens with one attached hydrogen (secondary N) is 1. The van der Waals surface area contributed by atoms with Crippen molar-refractivity contribution in [3.05, 3.63) is 70.8 Å². The van der Waals surface area contributed by atoms with E-state index in [1.807, 2.05) is 18.3 Å². The number of amides is 1. The Labute approximate surface area is 169 Å². The highest BCUT2D eigenvalue weighted by atomic mass is 32.1. The molecule has 4 heterocycles. The summed E-state index contributed by atoms with van der Waals surface area (Å²) in [4.78, 5) is 21.0. The van der Waals surface area contributed by atoms with Crippen LogP contribution in [-0.2, 0) is 6.42 Å². The fourth-order valence-electron chi connectivity index (χ4n) is 3.76. The maximum atomic E-state index is 12.6. The molecule has 3 aromatic rings. The SMILES string of the molecule is CCc1cc([C@H](c2ccccn2)N2CCCCC2)c(NC(=O)c2ccco2)s1. The number of hydrogen-bond acceptors (Lipinski definition) is 5. The van der Waals surface area contributed by atoms with Gasteiger partial charge in [0, 0.05) is 16.6 Å². The van der Waals surface area contributed by atoms with Gasteiger partial charge in [0.1, 0.15) is 5.00 Å². The monoisotopic (exact) mass is 395 g/mol. The summed E-state index contributed by atoms with van der Waals surface area (Å²) in [6.45, 7) is 4.23. The van der Waals surface area contributed by atoms with Gasteiger partial charge in [0.05, 0.1) is 18.0 Å². The molecule has 1 atom stereocenters. The van der Waals surface area contributed by atoms with E-state index < -0.39 is 0 Å². The third-order valence-electron chi connectivity index (χ3n) is 5.15. The molecule has 28 heavy (non-hydrogen) atoms. The van der Waals surface area contributed by atoms with Gasteiger partial charge in [0.25, 0.3) is 5.91 Å². The Morgan fingerprint density at radius 3 is 2.79 bits per heavy atom. The van der Waals surface area contributed by atoms with Crippen molar-refractivity contribution >= 4 is 22.2 Å². The van der Waals surface area contributed by atoms with Crippen molar-refractivity contribution in [1.29, 1.82) is 0 Å². The smallest absolute Gasteiger partial charge is 0.291 e. The molecule has 0 aromatic carbocycles. The summed E-state index contributed by atoms with van der Waals surface area (Å²) in [6, 6.07) is 11.8. The summed E-state index contributed by atoms with van der Waals surface area (Å²) in [5.41, 5.74) is 2.15. The first-order valence-electron chi connectivity index (χ1n) is 9.88. The average Bonchev–Trinajstić information content (AvgIpc) is 3.41. The van der Waals surface area contributed by atoms with Crippen molar-refractivity contribution in [2.75, 3.05) is 18.4 Å². The molecule has 0 unspecified atom stereocenters. The predicted molar refractivity (Wildman–Crippen MR) is 112 cm³/mol. The van der Waals surface area contributed by atoms with Crippen LogP contribution >= 0.6 is 11.3 Å². The number of carbonyl (C=O) groups excluding carboxylic acids is 1. The van der Waals surface area contributed by atoms with Gasteiger partial charge in [-0.2, -0.15) is 0 Å². The van der Waals surface area contributed by atoms with E-state index in [1.54, 1.807) is 23.5 Å². The molecule has 0 radical (unpaired) electrons. The molecule has 1 fully saturated rings. The average molecular weight is 396 g/mol. The van der Waals surface area contributed by atoms with E-state index in [2.05, 4.69) is 34.3 Å². The molecule has 0 spiro atoms. The minimum Gasteiger partial charge on any atom is -0.459 e. The number of furan rings is 1. The number of likely N-dealkylation sites (tertiary alicyclic amines) is 1. The summed E-state index contributed by atoms with van der Waals surface area (Å²) in [7, 11) is 0. The zero-order valence-corrected chi connectivity index (χ0v) is 16.9. The summed E-state index contributed by atoms with van der Waals surface area (Å²) in [5.74, 6) is 0.110. The minimum absolute atomic E-state index is 0.0463. The zero-order valence-electron chi connectivity index (χ0n) is 16.1. The first-order valence-corrected chi connectivity index (χ1v) is 10.7. The lowest BCUT2D eigenvalue weighted by Crippen LogP contribution is -2.35. The van der Waals surface area contributed by atoms with Crippen molar-refractivity contribution in [3.63, 3.8) is 0 Å². The van der Waals surface area contributed by atoms with Crippen LogP contribution in [0.3, 0.4) is 0 Å². The van der Waals surface area contributed by atoms with Crippen molar-refractivity contribution in [1.82, 2.24) is 9.88 Å². The van der Waals surface area contributed by atoms with Crippen LogP contribution in [0, 0.1) is 0 Å². The van der Waals surface area contributed by atoms with Crippen molar-refractivity contribution in [2.24, 2.45) is 0 Å². The second-order valence-electron chi connectivity index (χ2n) is 7.04. The number of aryl methyl sites for hydroxylation is 1. The maximum absolute atomic E-state index is 12.6. The van der Waals surface area contributed by atoms with Gasteiger partial charge in [-0.15, -0.1) is 11.3 Å². The lowest BCUT2D eigenvalue weighted by Gasteiger charge is -2.34. The number of hydrogen-bond donors (Lipinski definition) is 1. The van der Waals surface area contributed by atoms with Crippen molar-refractivity contribution in [2.45, 2.75) is 38.6 Å². The highest BCUT2D eigenvalue weighted by Crippen LogP contribution is 2.40. The number of rotatable bonds is 6. The number of carbonyl (C=O) groups is 1.